The molecule has 16 heavy (non-hydrogen) atoms. The summed E-state index contributed by atoms with van der Waals surface area (Å²) in [5, 5.41) is 3.07. The van der Waals surface area contributed by atoms with Crippen molar-refractivity contribution in [3.05, 3.63) is 24.3 Å². The SMILES string of the molecule is CN(C)c1cccc(N2CCNCC2=O)c1. The molecule has 4 heteroatoms. The van der Waals surface area contributed by atoms with Gasteiger partial charge >= 0.3 is 0 Å². The Hall–Kier alpha value is -1.55. The second-order valence-electron chi connectivity index (χ2n) is 4.14. The summed E-state index contributed by atoms with van der Waals surface area (Å²) < 4.78 is 0. The zero-order chi connectivity index (χ0) is 11.5. The molecule has 2 rings (SSSR count). The Morgan fingerprint density at radius 1 is 1.38 bits per heavy atom. The van der Waals surface area contributed by atoms with Crippen molar-refractivity contribution in [3.63, 3.8) is 0 Å². The van der Waals surface area contributed by atoms with Crippen LogP contribution in [-0.4, -0.2) is 39.6 Å². The first kappa shape index (κ1) is 11.0. The molecule has 1 saturated heterocycles. The van der Waals surface area contributed by atoms with E-state index >= 15 is 0 Å². The molecule has 0 bridgehead atoms. The van der Waals surface area contributed by atoms with Crippen molar-refractivity contribution >= 4 is 17.3 Å². The van der Waals surface area contributed by atoms with Gasteiger partial charge in [-0.2, -0.15) is 0 Å². The smallest absolute Gasteiger partial charge is 0.240 e. The standard InChI is InChI=1S/C12H17N3O/c1-14(2)10-4-3-5-11(8-10)15-7-6-13-9-12(15)16/h3-5,8,13H,6-7,9H2,1-2H3. The van der Waals surface area contributed by atoms with Crippen LogP contribution in [0.15, 0.2) is 24.3 Å². The molecule has 86 valence electrons. The summed E-state index contributed by atoms with van der Waals surface area (Å²) >= 11 is 0. The number of carbonyl (C=O) groups excluding carboxylic acids is 1. The number of hydrogen-bond acceptors (Lipinski definition) is 3. The number of anilines is 2. The third-order valence-corrected chi connectivity index (χ3v) is 2.75. The Morgan fingerprint density at radius 3 is 2.88 bits per heavy atom. The number of nitrogens with zero attached hydrogens (tertiary/aromatic N) is 2. The molecular formula is C12H17N3O. The lowest BCUT2D eigenvalue weighted by Gasteiger charge is -2.28. The maximum atomic E-state index is 11.7. The van der Waals surface area contributed by atoms with E-state index in [1.54, 1.807) is 0 Å². The second-order valence-corrected chi connectivity index (χ2v) is 4.14. The van der Waals surface area contributed by atoms with E-state index in [0.717, 1.165) is 24.5 Å². The largest absolute Gasteiger partial charge is 0.378 e. The number of carbonyl (C=O) groups is 1. The van der Waals surface area contributed by atoms with E-state index in [2.05, 4.69) is 5.32 Å². The molecule has 4 nitrogen and oxygen atoms in total. The van der Waals surface area contributed by atoms with Gasteiger partial charge in [-0.25, -0.2) is 0 Å². The first-order chi connectivity index (χ1) is 7.68. The highest BCUT2D eigenvalue weighted by Gasteiger charge is 2.19. The summed E-state index contributed by atoms with van der Waals surface area (Å²) in [4.78, 5) is 15.6. The number of nitrogens with one attached hydrogen (secondary N) is 1. The lowest BCUT2D eigenvalue weighted by molar-refractivity contribution is -0.118. The van der Waals surface area contributed by atoms with Crippen molar-refractivity contribution in [1.82, 2.24) is 5.32 Å². The Bertz CT molecular complexity index is 390. The molecule has 1 N–H and O–H groups in total. The zero-order valence-corrected chi connectivity index (χ0v) is 9.73. The monoisotopic (exact) mass is 219 g/mol. The molecule has 1 aromatic carbocycles. The third-order valence-electron chi connectivity index (χ3n) is 2.75. The van der Waals surface area contributed by atoms with Crippen LogP contribution in [0, 0.1) is 0 Å². The molecular weight excluding hydrogens is 202 g/mol. The van der Waals surface area contributed by atoms with Crippen molar-refractivity contribution in [3.8, 4) is 0 Å². The molecule has 0 atom stereocenters. The maximum Gasteiger partial charge on any atom is 0.240 e. The minimum Gasteiger partial charge on any atom is -0.378 e. The van der Waals surface area contributed by atoms with E-state index in [9.17, 15) is 4.79 Å². The fraction of sp³-hybridized carbons (Fsp3) is 0.417. The first-order valence-corrected chi connectivity index (χ1v) is 5.47. The van der Waals surface area contributed by atoms with E-state index in [0.29, 0.717) is 6.54 Å². The van der Waals surface area contributed by atoms with E-state index in [-0.39, 0.29) is 5.91 Å². The second kappa shape index (κ2) is 4.53. The van der Waals surface area contributed by atoms with Crippen LogP contribution >= 0.6 is 0 Å². The molecule has 0 radical (unpaired) electrons. The summed E-state index contributed by atoms with van der Waals surface area (Å²) in [5.74, 6) is 0.141. The average molecular weight is 219 g/mol. The predicted octanol–water partition coefficient (Wildman–Crippen LogP) is 0.689. The fourth-order valence-electron chi connectivity index (χ4n) is 1.82. The molecule has 1 aliphatic rings. The zero-order valence-electron chi connectivity index (χ0n) is 9.73. The van der Waals surface area contributed by atoms with E-state index in [4.69, 9.17) is 0 Å². The molecule has 1 aliphatic heterocycles. The van der Waals surface area contributed by atoms with Crippen LogP contribution in [0.2, 0.25) is 0 Å². The van der Waals surface area contributed by atoms with Crippen LogP contribution in [0.3, 0.4) is 0 Å². The third kappa shape index (κ3) is 2.17. The summed E-state index contributed by atoms with van der Waals surface area (Å²) in [6.45, 7) is 2.04. The minimum absolute atomic E-state index is 0.141. The molecule has 1 fully saturated rings. The van der Waals surface area contributed by atoms with Crippen LogP contribution in [0.25, 0.3) is 0 Å². The van der Waals surface area contributed by atoms with Crippen LogP contribution in [0.5, 0.6) is 0 Å². The highest BCUT2D eigenvalue weighted by Crippen LogP contribution is 2.21. The summed E-state index contributed by atoms with van der Waals surface area (Å²) in [6, 6.07) is 8.05. The van der Waals surface area contributed by atoms with Crippen molar-refractivity contribution in [2.75, 3.05) is 43.5 Å². The van der Waals surface area contributed by atoms with Crippen LogP contribution in [0.4, 0.5) is 11.4 Å². The molecule has 0 aromatic heterocycles. The lowest BCUT2D eigenvalue weighted by Crippen LogP contribution is -2.48. The van der Waals surface area contributed by atoms with Gasteiger partial charge in [0.1, 0.15) is 0 Å². The maximum absolute atomic E-state index is 11.7. The van der Waals surface area contributed by atoms with Gasteiger partial charge in [-0.3, -0.25) is 4.79 Å². The Labute approximate surface area is 95.8 Å². The molecule has 1 heterocycles. The van der Waals surface area contributed by atoms with E-state index < -0.39 is 0 Å². The molecule has 0 spiro atoms. The average Bonchev–Trinajstić information content (AvgIpc) is 2.30. The number of hydrogen-bond donors (Lipinski definition) is 1. The van der Waals surface area contributed by atoms with Crippen molar-refractivity contribution in [2.45, 2.75) is 0 Å². The van der Waals surface area contributed by atoms with Crippen molar-refractivity contribution < 1.29 is 4.79 Å². The lowest BCUT2D eigenvalue weighted by atomic mass is 10.2. The fourth-order valence-corrected chi connectivity index (χ4v) is 1.82. The number of benzene rings is 1. The van der Waals surface area contributed by atoms with Gasteiger partial charge < -0.3 is 15.1 Å². The van der Waals surface area contributed by atoms with Crippen LogP contribution < -0.4 is 15.1 Å². The molecule has 1 amide bonds. The highest BCUT2D eigenvalue weighted by atomic mass is 16.2. The summed E-state index contributed by atoms with van der Waals surface area (Å²) in [5.41, 5.74) is 2.10. The van der Waals surface area contributed by atoms with Crippen molar-refractivity contribution in [2.24, 2.45) is 0 Å². The number of amides is 1. The molecule has 1 aromatic rings. The highest BCUT2D eigenvalue weighted by molar-refractivity contribution is 5.95. The summed E-state index contributed by atoms with van der Waals surface area (Å²) in [6.07, 6.45) is 0. The number of piperazine rings is 1. The van der Waals surface area contributed by atoms with Gasteiger partial charge in [0.25, 0.3) is 0 Å². The van der Waals surface area contributed by atoms with Gasteiger partial charge in [-0.05, 0) is 18.2 Å². The van der Waals surface area contributed by atoms with Gasteiger partial charge in [0, 0.05) is 38.6 Å². The van der Waals surface area contributed by atoms with E-state index in [1.165, 1.54) is 0 Å². The van der Waals surface area contributed by atoms with Gasteiger partial charge in [-0.1, -0.05) is 6.07 Å². The Balaban J connectivity index is 2.25. The van der Waals surface area contributed by atoms with Gasteiger partial charge in [-0.15, -0.1) is 0 Å². The Morgan fingerprint density at radius 2 is 2.19 bits per heavy atom. The topological polar surface area (TPSA) is 35.6 Å². The molecule has 0 saturated carbocycles. The number of rotatable bonds is 2. The van der Waals surface area contributed by atoms with Gasteiger partial charge in [0.05, 0.1) is 6.54 Å². The minimum atomic E-state index is 0.141. The molecule has 0 aliphatic carbocycles. The van der Waals surface area contributed by atoms with Gasteiger partial charge in [0.15, 0.2) is 0 Å². The predicted molar refractivity (Wildman–Crippen MR) is 66.0 cm³/mol. The molecule has 0 unspecified atom stereocenters. The van der Waals surface area contributed by atoms with Crippen molar-refractivity contribution in [1.29, 1.82) is 0 Å². The first-order valence-electron chi connectivity index (χ1n) is 5.47. The van der Waals surface area contributed by atoms with Crippen LogP contribution in [0.1, 0.15) is 0 Å². The normalized spacial score (nSPS) is 16.4. The summed E-state index contributed by atoms with van der Waals surface area (Å²) in [7, 11) is 4.00. The Kier molecular flexibility index (Phi) is 3.10. The van der Waals surface area contributed by atoms with Crippen LogP contribution in [-0.2, 0) is 4.79 Å². The van der Waals surface area contributed by atoms with Gasteiger partial charge in [0.2, 0.25) is 5.91 Å². The quantitative estimate of drug-likeness (QED) is 0.795. The van der Waals surface area contributed by atoms with E-state index in [1.807, 2.05) is 48.2 Å².